The molecule has 168 valence electrons. The first kappa shape index (κ1) is 23.5. The van der Waals surface area contributed by atoms with Crippen LogP contribution in [-0.2, 0) is 14.8 Å². The molecule has 0 saturated carbocycles. The van der Waals surface area contributed by atoms with Gasteiger partial charge in [0.25, 0.3) is 5.91 Å². The lowest BCUT2D eigenvalue weighted by atomic mass is 9.97. The van der Waals surface area contributed by atoms with Crippen molar-refractivity contribution in [2.24, 2.45) is 10.9 Å². The van der Waals surface area contributed by atoms with E-state index < -0.39 is 21.9 Å². The van der Waals surface area contributed by atoms with Crippen molar-refractivity contribution in [2.45, 2.75) is 11.8 Å². The summed E-state index contributed by atoms with van der Waals surface area (Å²) in [6.07, 6.45) is 0. The third-order valence-electron chi connectivity index (χ3n) is 4.73. The zero-order valence-corrected chi connectivity index (χ0v) is 18.5. The summed E-state index contributed by atoms with van der Waals surface area (Å²) in [4.78, 5) is 23.9. The summed E-state index contributed by atoms with van der Waals surface area (Å²) >= 11 is 0. The third-order valence-corrected chi connectivity index (χ3v) is 5.66. The number of hydrogen-bond donors (Lipinski definition) is 3. The van der Waals surface area contributed by atoms with E-state index in [1.54, 1.807) is 30.3 Å². The van der Waals surface area contributed by atoms with Gasteiger partial charge in [0.2, 0.25) is 10.0 Å². The van der Waals surface area contributed by atoms with Crippen molar-refractivity contribution in [3.63, 3.8) is 0 Å². The molecule has 0 aliphatic carbocycles. The fourth-order valence-electron chi connectivity index (χ4n) is 3.01. The quantitative estimate of drug-likeness (QED) is 0.299. The minimum atomic E-state index is -3.86. The minimum absolute atomic E-state index is 0.0592. The van der Waals surface area contributed by atoms with Crippen LogP contribution in [0, 0.1) is 18.8 Å². The van der Waals surface area contributed by atoms with Crippen LogP contribution in [0.4, 0.5) is 5.69 Å². The van der Waals surface area contributed by atoms with Crippen molar-refractivity contribution in [1.29, 1.82) is 0 Å². The Labute approximate surface area is 191 Å². The Hall–Kier alpha value is -4.13. The Bertz CT molecular complexity index is 1380. The second kappa shape index (κ2) is 9.56. The van der Waals surface area contributed by atoms with E-state index in [4.69, 9.17) is 21.3 Å². The van der Waals surface area contributed by atoms with Crippen LogP contribution < -0.4 is 16.6 Å². The summed E-state index contributed by atoms with van der Waals surface area (Å²) in [6.45, 7) is 1.75. The number of hydrogen-bond acceptors (Lipinski definition) is 6. The molecular formula is C24H21N3O5S. The summed E-state index contributed by atoms with van der Waals surface area (Å²) in [5.41, 5.74) is 14.6. The third kappa shape index (κ3) is 5.77. The molecule has 0 saturated heterocycles. The maximum atomic E-state index is 12.1. The summed E-state index contributed by atoms with van der Waals surface area (Å²) in [7, 11) is -3.86. The highest BCUT2D eigenvalue weighted by atomic mass is 32.2. The maximum Gasteiger partial charge on any atom is 0.339 e. The largest absolute Gasteiger partial charge is 0.449 e. The molecule has 9 heteroatoms. The van der Waals surface area contributed by atoms with Crippen molar-refractivity contribution >= 4 is 27.6 Å². The zero-order chi connectivity index (χ0) is 24.2. The first-order chi connectivity index (χ1) is 15.6. The van der Waals surface area contributed by atoms with Crippen molar-refractivity contribution in [2.75, 3.05) is 12.3 Å². The summed E-state index contributed by atoms with van der Waals surface area (Å²) in [6, 6.07) is 15.7. The molecule has 33 heavy (non-hydrogen) atoms. The van der Waals surface area contributed by atoms with Crippen LogP contribution in [0.5, 0.6) is 0 Å². The van der Waals surface area contributed by atoms with Crippen molar-refractivity contribution < 1.29 is 22.7 Å². The lowest BCUT2D eigenvalue weighted by Crippen LogP contribution is -2.14. The van der Waals surface area contributed by atoms with Crippen LogP contribution in [0.1, 0.15) is 31.8 Å². The first-order valence-corrected chi connectivity index (χ1v) is 11.2. The number of carbonyl (C=O) groups excluding carboxylic acids is 2. The average Bonchev–Trinajstić information content (AvgIpc) is 2.77. The Morgan fingerprint density at radius 1 is 1.00 bits per heavy atom. The highest BCUT2D eigenvalue weighted by Gasteiger charge is 2.15. The van der Waals surface area contributed by atoms with Crippen LogP contribution in [0.3, 0.4) is 0 Å². The van der Waals surface area contributed by atoms with E-state index in [9.17, 15) is 18.0 Å². The van der Waals surface area contributed by atoms with Gasteiger partial charge in [-0.15, -0.1) is 0 Å². The number of aryl methyl sites for hydroxylation is 1. The summed E-state index contributed by atoms with van der Waals surface area (Å²) < 4.78 is 28.1. The standard InChI is InChI=1S/C24H21N3O5S/c1-15-4-6-18(7-5-15)24(29)32-12-2-3-16-13-20(22(25)21(14-16)23(26)28)17-8-10-19(11-9-17)33(27,30)31/h4-11,13-14H,12,25H2,1H3,(H2,26,28)(H2,27,30,31). The lowest BCUT2D eigenvalue weighted by Gasteiger charge is -2.11. The average molecular weight is 464 g/mol. The number of esters is 1. The number of anilines is 1. The zero-order valence-electron chi connectivity index (χ0n) is 17.7. The van der Waals surface area contributed by atoms with E-state index in [0.717, 1.165) is 5.56 Å². The van der Waals surface area contributed by atoms with E-state index in [0.29, 0.717) is 22.3 Å². The topological polar surface area (TPSA) is 156 Å². The van der Waals surface area contributed by atoms with Gasteiger partial charge in [-0.05, 0) is 48.9 Å². The van der Waals surface area contributed by atoms with Gasteiger partial charge in [0.15, 0.2) is 6.61 Å². The van der Waals surface area contributed by atoms with Gasteiger partial charge < -0.3 is 16.2 Å². The molecule has 0 aliphatic heterocycles. The van der Waals surface area contributed by atoms with Crippen molar-refractivity contribution in [3.05, 3.63) is 82.9 Å². The fourth-order valence-corrected chi connectivity index (χ4v) is 3.52. The molecule has 3 rings (SSSR count). The molecular weight excluding hydrogens is 442 g/mol. The number of rotatable bonds is 5. The molecule has 0 fully saturated rings. The maximum absolute atomic E-state index is 12.1. The molecule has 1 amide bonds. The summed E-state index contributed by atoms with van der Waals surface area (Å²) in [5, 5.41) is 5.13. The van der Waals surface area contributed by atoms with Gasteiger partial charge >= 0.3 is 5.97 Å². The van der Waals surface area contributed by atoms with Crippen LogP contribution in [-0.4, -0.2) is 26.9 Å². The highest BCUT2D eigenvalue weighted by molar-refractivity contribution is 7.89. The predicted molar refractivity (Wildman–Crippen MR) is 125 cm³/mol. The number of nitrogens with two attached hydrogens (primary N) is 3. The Morgan fingerprint density at radius 3 is 2.21 bits per heavy atom. The number of carbonyl (C=O) groups is 2. The summed E-state index contributed by atoms with van der Waals surface area (Å²) in [5.74, 6) is 4.30. The Balaban J connectivity index is 1.86. The number of nitrogen functional groups attached to an aromatic ring is 1. The normalized spacial score (nSPS) is 10.7. The fraction of sp³-hybridized carbons (Fsp3) is 0.0833. The van der Waals surface area contributed by atoms with Crippen LogP contribution in [0.2, 0.25) is 0 Å². The predicted octanol–water partition coefficient (Wildman–Crippen LogP) is 2.20. The van der Waals surface area contributed by atoms with Crippen molar-refractivity contribution in [1.82, 2.24) is 0 Å². The van der Waals surface area contributed by atoms with E-state index in [1.165, 1.54) is 30.3 Å². The van der Waals surface area contributed by atoms with Crippen molar-refractivity contribution in [3.8, 4) is 23.0 Å². The monoisotopic (exact) mass is 463 g/mol. The van der Waals surface area contributed by atoms with Gasteiger partial charge in [-0.1, -0.05) is 41.7 Å². The molecule has 3 aromatic carbocycles. The second-order valence-corrected chi connectivity index (χ2v) is 8.72. The molecule has 0 spiro atoms. The van der Waals surface area contributed by atoms with Gasteiger partial charge in [-0.3, -0.25) is 4.79 Å². The van der Waals surface area contributed by atoms with Crippen LogP contribution in [0.25, 0.3) is 11.1 Å². The number of primary amides is 1. The Kier molecular flexibility index (Phi) is 6.82. The number of ether oxygens (including phenoxy) is 1. The molecule has 0 atom stereocenters. The van der Waals surface area contributed by atoms with E-state index in [1.807, 2.05) is 6.92 Å². The molecule has 3 aromatic rings. The lowest BCUT2D eigenvalue weighted by molar-refractivity contribution is 0.0556. The van der Waals surface area contributed by atoms with Gasteiger partial charge in [-0.2, -0.15) is 0 Å². The number of amides is 1. The molecule has 0 heterocycles. The molecule has 0 radical (unpaired) electrons. The van der Waals surface area contributed by atoms with Gasteiger partial charge in [0.1, 0.15) is 0 Å². The van der Waals surface area contributed by atoms with Gasteiger partial charge in [-0.25, -0.2) is 18.4 Å². The molecule has 0 aromatic heterocycles. The number of primary sulfonamides is 1. The van der Waals surface area contributed by atoms with Crippen LogP contribution >= 0.6 is 0 Å². The van der Waals surface area contributed by atoms with Gasteiger partial charge in [0.05, 0.1) is 21.7 Å². The molecule has 8 nitrogen and oxygen atoms in total. The van der Waals surface area contributed by atoms with E-state index in [-0.39, 0.29) is 22.8 Å². The number of benzene rings is 3. The smallest absolute Gasteiger partial charge is 0.339 e. The molecule has 6 N–H and O–H groups in total. The van der Waals surface area contributed by atoms with E-state index >= 15 is 0 Å². The van der Waals surface area contributed by atoms with Gasteiger partial charge in [0, 0.05) is 11.1 Å². The highest BCUT2D eigenvalue weighted by Crippen LogP contribution is 2.30. The van der Waals surface area contributed by atoms with Crippen LogP contribution in [0.15, 0.2) is 65.6 Å². The molecule has 0 unspecified atom stereocenters. The Morgan fingerprint density at radius 2 is 1.64 bits per heavy atom. The SMILES string of the molecule is Cc1ccc(C(=O)OCC#Cc2cc(C(N)=O)c(N)c(-c3ccc(S(N)(=O)=O)cc3)c2)cc1. The first-order valence-electron chi connectivity index (χ1n) is 9.65. The molecule has 0 bridgehead atoms. The number of sulfonamides is 1. The minimum Gasteiger partial charge on any atom is -0.449 e. The molecule has 0 aliphatic rings. The van der Waals surface area contributed by atoms with E-state index in [2.05, 4.69) is 11.8 Å². The second-order valence-electron chi connectivity index (χ2n) is 7.16.